The van der Waals surface area contributed by atoms with Gasteiger partial charge in [0.05, 0.1) is 4.90 Å². The van der Waals surface area contributed by atoms with Crippen molar-refractivity contribution < 1.29 is 8.42 Å². The van der Waals surface area contributed by atoms with Gasteiger partial charge in [0, 0.05) is 4.91 Å². The summed E-state index contributed by atoms with van der Waals surface area (Å²) in [6.45, 7) is 9.70. The molecule has 1 aromatic rings. The Morgan fingerprint density at radius 3 is 2.12 bits per heavy atom. The lowest BCUT2D eigenvalue weighted by Crippen LogP contribution is -2.12. The van der Waals surface area contributed by atoms with Gasteiger partial charge in [0.15, 0.2) is 0 Å². The van der Waals surface area contributed by atoms with E-state index < -0.39 is 9.84 Å². The van der Waals surface area contributed by atoms with Gasteiger partial charge in [0.2, 0.25) is 9.84 Å². The number of hydrogen-bond donors (Lipinski definition) is 0. The molecule has 0 radical (unpaired) electrons. The molecule has 0 aromatic heterocycles. The van der Waals surface area contributed by atoms with E-state index in [1.165, 1.54) is 0 Å². The molecule has 1 aromatic carbocycles. The fourth-order valence-electron chi connectivity index (χ4n) is 1.45. The number of sulfone groups is 1. The first kappa shape index (κ1) is 13.0. The van der Waals surface area contributed by atoms with Crippen LogP contribution in [-0.2, 0) is 9.84 Å². The third-order valence-electron chi connectivity index (χ3n) is 2.16. The minimum Gasteiger partial charge on any atom is -0.219 e. The summed E-state index contributed by atoms with van der Waals surface area (Å²) in [5.41, 5.74) is -0.0705. The van der Waals surface area contributed by atoms with E-state index in [0.717, 1.165) is 0 Å². The van der Waals surface area contributed by atoms with Gasteiger partial charge >= 0.3 is 0 Å². The predicted octanol–water partition coefficient (Wildman–Crippen LogP) is 3.41. The molecule has 0 N–H and O–H groups in total. The summed E-state index contributed by atoms with van der Waals surface area (Å²) in [5, 5.41) is 0. The summed E-state index contributed by atoms with van der Waals surface area (Å²) < 4.78 is 24.2. The Bertz CT molecular complexity index is 464. The van der Waals surface area contributed by atoms with E-state index in [-0.39, 0.29) is 10.3 Å². The van der Waals surface area contributed by atoms with E-state index in [4.69, 9.17) is 0 Å². The SMILES string of the molecule is C=C(CC(C)(C)C)S(=O)(=O)c1ccccc1. The van der Waals surface area contributed by atoms with Crippen molar-refractivity contribution in [1.29, 1.82) is 0 Å². The molecule has 1 rings (SSSR count). The average Bonchev–Trinajstić information content (AvgIpc) is 2.16. The fraction of sp³-hybridized carbons (Fsp3) is 0.385. The quantitative estimate of drug-likeness (QED) is 0.808. The molecule has 0 aliphatic heterocycles. The second-order valence-electron chi connectivity index (χ2n) is 5.09. The van der Waals surface area contributed by atoms with Crippen LogP contribution in [0.3, 0.4) is 0 Å². The summed E-state index contributed by atoms with van der Waals surface area (Å²) in [6.07, 6.45) is 0.476. The first-order chi connectivity index (χ1) is 7.23. The molecule has 0 amide bonds. The molecule has 0 bridgehead atoms. The smallest absolute Gasteiger partial charge is 0.202 e. The highest BCUT2D eigenvalue weighted by molar-refractivity contribution is 7.95. The maximum absolute atomic E-state index is 12.1. The maximum atomic E-state index is 12.1. The average molecular weight is 238 g/mol. The van der Waals surface area contributed by atoms with Crippen molar-refractivity contribution in [3.63, 3.8) is 0 Å². The van der Waals surface area contributed by atoms with E-state index in [2.05, 4.69) is 6.58 Å². The van der Waals surface area contributed by atoms with Gasteiger partial charge in [-0.25, -0.2) is 8.42 Å². The van der Waals surface area contributed by atoms with Gasteiger partial charge < -0.3 is 0 Å². The molecule has 0 aliphatic rings. The van der Waals surface area contributed by atoms with Crippen molar-refractivity contribution >= 4 is 9.84 Å². The zero-order valence-corrected chi connectivity index (χ0v) is 10.8. The fourth-order valence-corrected chi connectivity index (χ4v) is 2.92. The third kappa shape index (κ3) is 3.20. The second kappa shape index (κ2) is 4.42. The minimum absolute atomic E-state index is 0.0705. The topological polar surface area (TPSA) is 34.1 Å². The van der Waals surface area contributed by atoms with Crippen molar-refractivity contribution in [2.45, 2.75) is 32.1 Å². The van der Waals surface area contributed by atoms with Crippen LogP contribution in [0.5, 0.6) is 0 Å². The third-order valence-corrected chi connectivity index (χ3v) is 3.96. The van der Waals surface area contributed by atoms with Crippen molar-refractivity contribution in [2.75, 3.05) is 0 Å². The van der Waals surface area contributed by atoms with Crippen LogP contribution in [0.15, 0.2) is 46.7 Å². The van der Waals surface area contributed by atoms with Crippen LogP contribution in [0.2, 0.25) is 0 Å². The monoisotopic (exact) mass is 238 g/mol. The van der Waals surface area contributed by atoms with Crippen LogP contribution in [0, 0.1) is 5.41 Å². The molecular formula is C13H18O2S. The van der Waals surface area contributed by atoms with Crippen molar-refractivity contribution in [3.8, 4) is 0 Å². The van der Waals surface area contributed by atoms with Gasteiger partial charge in [-0.3, -0.25) is 0 Å². The van der Waals surface area contributed by atoms with E-state index in [1.807, 2.05) is 20.8 Å². The summed E-state index contributed by atoms with van der Waals surface area (Å²) in [6, 6.07) is 8.44. The Kier molecular flexibility index (Phi) is 3.58. The molecule has 0 spiro atoms. The predicted molar refractivity (Wildman–Crippen MR) is 66.8 cm³/mol. The molecular weight excluding hydrogens is 220 g/mol. The summed E-state index contributed by atoms with van der Waals surface area (Å²) in [4.78, 5) is 0.607. The molecule has 0 unspecified atom stereocenters. The van der Waals surface area contributed by atoms with Gasteiger partial charge in [-0.15, -0.1) is 0 Å². The summed E-state index contributed by atoms with van der Waals surface area (Å²) in [5.74, 6) is 0. The molecule has 0 saturated heterocycles. The number of allylic oxidation sites excluding steroid dienone is 1. The highest BCUT2D eigenvalue weighted by Crippen LogP contribution is 2.29. The van der Waals surface area contributed by atoms with Crippen LogP contribution in [0.1, 0.15) is 27.2 Å². The van der Waals surface area contributed by atoms with Crippen LogP contribution in [0.4, 0.5) is 0 Å². The zero-order chi connectivity index (χ0) is 12.4. The van der Waals surface area contributed by atoms with Crippen LogP contribution in [0.25, 0.3) is 0 Å². The number of hydrogen-bond acceptors (Lipinski definition) is 2. The molecule has 16 heavy (non-hydrogen) atoms. The molecule has 0 fully saturated rings. The molecule has 2 nitrogen and oxygen atoms in total. The van der Waals surface area contributed by atoms with Gasteiger partial charge in [0.1, 0.15) is 0 Å². The molecule has 88 valence electrons. The summed E-state index contributed by atoms with van der Waals surface area (Å²) >= 11 is 0. The summed E-state index contributed by atoms with van der Waals surface area (Å²) in [7, 11) is -3.37. The van der Waals surface area contributed by atoms with Crippen LogP contribution < -0.4 is 0 Å². The number of rotatable bonds is 3. The van der Waals surface area contributed by atoms with Gasteiger partial charge in [0.25, 0.3) is 0 Å². The molecule has 0 heterocycles. The second-order valence-corrected chi connectivity index (χ2v) is 7.15. The Labute approximate surface area is 97.9 Å². The standard InChI is InChI=1S/C13H18O2S/c1-11(10-13(2,3)4)16(14,15)12-8-6-5-7-9-12/h5-9H,1,10H2,2-4H3. The van der Waals surface area contributed by atoms with E-state index in [0.29, 0.717) is 11.3 Å². The highest BCUT2D eigenvalue weighted by Gasteiger charge is 2.23. The highest BCUT2D eigenvalue weighted by atomic mass is 32.2. The van der Waals surface area contributed by atoms with Crippen molar-refractivity contribution in [1.82, 2.24) is 0 Å². The zero-order valence-electron chi connectivity index (χ0n) is 10.0. The van der Waals surface area contributed by atoms with Crippen molar-refractivity contribution in [2.24, 2.45) is 5.41 Å². The lowest BCUT2D eigenvalue weighted by Gasteiger charge is -2.19. The lowest BCUT2D eigenvalue weighted by molar-refractivity contribution is 0.415. The Morgan fingerprint density at radius 1 is 1.19 bits per heavy atom. The molecule has 3 heteroatoms. The van der Waals surface area contributed by atoms with Gasteiger partial charge in [-0.2, -0.15) is 0 Å². The minimum atomic E-state index is -3.37. The lowest BCUT2D eigenvalue weighted by atomic mass is 9.92. The Balaban J connectivity index is 3.01. The Hall–Kier alpha value is -1.09. The van der Waals surface area contributed by atoms with E-state index in [1.54, 1.807) is 30.3 Å². The largest absolute Gasteiger partial charge is 0.219 e. The first-order valence-electron chi connectivity index (χ1n) is 5.21. The molecule has 0 aliphatic carbocycles. The normalized spacial score (nSPS) is 12.4. The Morgan fingerprint density at radius 2 is 1.69 bits per heavy atom. The number of benzene rings is 1. The van der Waals surface area contributed by atoms with E-state index in [9.17, 15) is 8.42 Å². The van der Waals surface area contributed by atoms with Crippen molar-refractivity contribution in [3.05, 3.63) is 41.8 Å². The first-order valence-corrected chi connectivity index (χ1v) is 6.70. The van der Waals surface area contributed by atoms with E-state index >= 15 is 0 Å². The molecule has 0 saturated carbocycles. The van der Waals surface area contributed by atoms with Crippen LogP contribution >= 0.6 is 0 Å². The molecule has 0 atom stereocenters. The van der Waals surface area contributed by atoms with Gasteiger partial charge in [-0.05, 0) is 24.0 Å². The van der Waals surface area contributed by atoms with Gasteiger partial charge in [-0.1, -0.05) is 45.5 Å². The van der Waals surface area contributed by atoms with Crippen LogP contribution in [-0.4, -0.2) is 8.42 Å². The maximum Gasteiger partial charge on any atom is 0.202 e.